The standard InChI is InChI=1S/C6Cl3F15S3/c7-25(13,14,15,16)4-1(10)5(26(8,17,18,19)20)3(12)6(2(4)11)27(9,21,22,23)24. The molecule has 0 aliphatic rings. The molecule has 0 bridgehead atoms. The topological polar surface area (TPSA) is 0 Å². The van der Waals surface area contributed by atoms with Crippen molar-refractivity contribution in [3.63, 3.8) is 0 Å². The molecular formula is C6Cl3F15S3. The van der Waals surface area contributed by atoms with Crippen molar-refractivity contribution in [2.45, 2.75) is 14.7 Å². The van der Waals surface area contributed by atoms with Crippen molar-refractivity contribution in [1.29, 1.82) is 0 Å². The highest BCUT2D eigenvalue weighted by Gasteiger charge is 2.77. The van der Waals surface area contributed by atoms with Gasteiger partial charge in [-0.2, -0.15) is 0 Å². The molecule has 1 aromatic carbocycles. The van der Waals surface area contributed by atoms with Crippen LogP contribution in [0.15, 0.2) is 14.7 Å². The third-order valence-electron chi connectivity index (χ3n) is 2.35. The molecule has 21 heteroatoms. The van der Waals surface area contributed by atoms with Crippen LogP contribution in [0.1, 0.15) is 0 Å². The molecule has 0 saturated carbocycles. The highest BCUT2D eigenvalue weighted by atomic mass is 35.8. The van der Waals surface area contributed by atoms with E-state index in [-0.39, 0.29) is 0 Å². The lowest BCUT2D eigenvalue weighted by molar-refractivity contribution is 0.370. The Kier molecular flexibility index (Phi) is 3.84. The minimum Gasteiger partial charge on any atom is -0.204 e. The van der Waals surface area contributed by atoms with Gasteiger partial charge >= 0.3 is 0 Å². The van der Waals surface area contributed by atoms with E-state index in [1.807, 2.05) is 0 Å². The Labute approximate surface area is 151 Å². The zero-order valence-corrected chi connectivity index (χ0v) is 15.7. The summed E-state index contributed by atoms with van der Waals surface area (Å²) in [4.78, 5) is -14.7. The van der Waals surface area contributed by atoms with Gasteiger partial charge in [-0.05, 0) is 0 Å². The summed E-state index contributed by atoms with van der Waals surface area (Å²) in [6, 6.07) is 0. The lowest BCUT2D eigenvalue weighted by atomic mass is 10.3. The van der Waals surface area contributed by atoms with Crippen LogP contribution in [0.5, 0.6) is 0 Å². The predicted molar refractivity (Wildman–Crippen MR) is 74.7 cm³/mol. The van der Waals surface area contributed by atoms with Crippen molar-refractivity contribution in [2.24, 2.45) is 0 Å². The smallest absolute Gasteiger partial charge is 0.204 e. The minimum atomic E-state index is -11.3. The molecule has 0 aliphatic carbocycles. The van der Waals surface area contributed by atoms with Crippen LogP contribution < -0.4 is 0 Å². The van der Waals surface area contributed by atoms with Gasteiger partial charge in [-0.15, -0.1) is 46.6 Å². The molecule has 0 spiro atoms. The van der Waals surface area contributed by atoms with Gasteiger partial charge in [-0.3, -0.25) is 0 Å². The molecule has 0 aromatic heterocycles. The van der Waals surface area contributed by atoms with E-state index in [4.69, 9.17) is 0 Å². The van der Waals surface area contributed by atoms with Crippen LogP contribution in [-0.4, -0.2) is 0 Å². The van der Waals surface area contributed by atoms with Gasteiger partial charge in [-0.25, -0.2) is 13.2 Å². The van der Waals surface area contributed by atoms with Crippen LogP contribution in [-0.2, 0) is 0 Å². The molecular weight excluding hydrogens is 560 g/mol. The van der Waals surface area contributed by atoms with Crippen LogP contribution in [0.2, 0.25) is 0 Å². The minimum absolute atomic E-state index is 3.27. The van der Waals surface area contributed by atoms with Gasteiger partial charge in [-0.1, -0.05) is 0 Å². The lowest BCUT2D eigenvalue weighted by Gasteiger charge is -2.49. The van der Waals surface area contributed by atoms with Gasteiger partial charge < -0.3 is 0 Å². The molecule has 0 saturated heterocycles. The third kappa shape index (κ3) is 5.18. The van der Waals surface area contributed by atoms with Gasteiger partial charge in [0, 0.05) is 32.0 Å². The fraction of sp³-hybridized carbons (Fsp3) is 0. The molecule has 0 fully saturated rings. The second-order valence-electron chi connectivity index (χ2n) is 4.84. The summed E-state index contributed by atoms with van der Waals surface area (Å²) in [6.45, 7) is 0. The van der Waals surface area contributed by atoms with Gasteiger partial charge in [0.1, 0.15) is 0 Å². The Morgan fingerprint density at radius 1 is 0.370 bits per heavy atom. The van der Waals surface area contributed by atoms with E-state index in [2.05, 4.69) is 32.0 Å². The summed E-state index contributed by atoms with van der Waals surface area (Å²) in [5.74, 6) is -14.0. The SMILES string of the molecule is Fc1c(S(F)(F)(F)(F)Cl)c(F)c(S(F)(F)(F)(F)Cl)c(F)c1S(F)(F)(F)(F)Cl. The first-order valence-electron chi connectivity index (χ1n) is 4.99. The van der Waals surface area contributed by atoms with Gasteiger partial charge in [0.25, 0.3) is 27.2 Å². The molecule has 0 unspecified atom stereocenters. The Morgan fingerprint density at radius 3 is 0.556 bits per heavy atom. The first-order valence-corrected chi connectivity index (χ1v) is 13.6. The average Bonchev–Trinajstić information content (AvgIpc) is 1.98. The van der Waals surface area contributed by atoms with Crippen molar-refractivity contribution < 1.29 is 59.8 Å². The summed E-state index contributed by atoms with van der Waals surface area (Å²) >= 11 is 0. The first kappa shape index (κ1) is 25.1. The van der Waals surface area contributed by atoms with Crippen molar-refractivity contribution in [1.82, 2.24) is 0 Å². The number of benzene rings is 1. The van der Waals surface area contributed by atoms with Crippen molar-refractivity contribution in [3.8, 4) is 0 Å². The normalized spacial score (nSPS) is 22.0. The summed E-state index contributed by atoms with van der Waals surface area (Å²) in [5.41, 5.74) is 0. The highest BCUT2D eigenvalue weighted by molar-refractivity contribution is 8.67. The predicted octanol–water partition coefficient (Wildman–Crippen LogP) is 10.9. The Morgan fingerprint density at radius 2 is 0.481 bits per heavy atom. The second-order valence-corrected chi connectivity index (χ2v) is 17.5. The average molecular weight is 560 g/mol. The molecule has 0 amide bonds. The largest absolute Gasteiger partial charge is 0.259 e. The molecule has 168 valence electrons. The van der Waals surface area contributed by atoms with Crippen molar-refractivity contribution in [3.05, 3.63) is 17.5 Å². The summed E-state index contributed by atoms with van der Waals surface area (Å²) < 4.78 is 197. The van der Waals surface area contributed by atoms with Gasteiger partial charge in [0.15, 0.2) is 32.1 Å². The number of halogens is 18. The Bertz CT molecular complexity index is 734. The quantitative estimate of drug-likeness (QED) is 0.323. The van der Waals surface area contributed by atoms with Gasteiger partial charge in [0.05, 0.1) is 0 Å². The maximum absolute atomic E-state index is 13.6. The zero-order valence-electron chi connectivity index (χ0n) is 11.0. The number of hydrogen-bond donors (Lipinski definition) is 0. The van der Waals surface area contributed by atoms with E-state index in [0.29, 0.717) is 0 Å². The van der Waals surface area contributed by atoms with Gasteiger partial charge in [0.2, 0.25) is 0 Å². The molecule has 1 rings (SSSR count). The molecule has 1 aromatic rings. The molecule has 0 atom stereocenters. The molecule has 0 aliphatic heterocycles. The molecule has 0 heterocycles. The first-order chi connectivity index (χ1) is 10.6. The lowest BCUT2D eigenvalue weighted by Crippen LogP contribution is -2.23. The fourth-order valence-corrected chi connectivity index (χ4v) is 5.67. The van der Waals surface area contributed by atoms with Crippen LogP contribution in [0.4, 0.5) is 59.8 Å². The molecule has 0 N–H and O–H groups in total. The van der Waals surface area contributed by atoms with Crippen molar-refractivity contribution in [2.75, 3.05) is 0 Å². The second kappa shape index (κ2) is 4.13. The summed E-state index contributed by atoms with van der Waals surface area (Å²) in [7, 11) is -24.1. The van der Waals surface area contributed by atoms with Crippen LogP contribution in [0, 0.1) is 17.5 Å². The zero-order chi connectivity index (χ0) is 22.7. The molecule has 0 nitrogen and oxygen atoms in total. The van der Waals surface area contributed by atoms with Crippen LogP contribution >= 0.6 is 59.2 Å². The Balaban J connectivity index is 4.71. The van der Waals surface area contributed by atoms with E-state index >= 15 is 0 Å². The molecule has 0 radical (unpaired) electrons. The fourth-order valence-electron chi connectivity index (χ4n) is 1.61. The number of rotatable bonds is 3. The molecule has 27 heavy (non-hydrogen) atoms. The highest BCUT2D eigenvalue weighted by Crippen LogP contribution is 3.10. The van der Waals surface area contributed by atoms with E-state index in [0.717, 1.165) is 0 Å². The third-order valence-corrected chi connectivity index (χ3v) is 7.13. The van der Waals surface area contributed by atoms with Crippen LogP contribution in [0.25, 0.3) is 0 Å². The van der Waals surface area contributed by atoms with E-state index in [1.54, 1.807) is 0 Å². The maximum Gasteiger partial charge on any atom is 0.259 e. The number of hydrogen-bond acceptors (Lipinski definition) is 0. The summed E-state index contributed by atoms with van der Waals surface area (Å²) in [5, 5.41) is 0. The maximum atomic E-state index is 13.6. The summed E-state index contributed by atoms with van der Waals surface area (Å²) in [6.07, 6.45) is 0. The monoisotopic (exact) mass is 558 g/mol. The van der Waals surface area contributed by atoms with Crippen molar-refractivity contribution >= 4 is 59.2 Å². The van der Waals surface area contributed by atoms with E-state index < -0.39 is 59.3 Å². The van der Waals surface area contributed by atoms with E-state index in [1.165, 1.54) is 0 Å². The van der Waals surface area contributed by atoms with Crippen LogP contribution in [0.3, 0.4) is 0 Å². The Hall–Kier alpha value is 0.0900. The van der Waals surface area contributed by atoms with E-state index in [9.17, 15) is 59.8 Å².